The largest absolute Gasteiger partial charge is 0.352 e. The van der Waals surface area contributed by atoms with Crippen LogP contribution in [0, 0.1) is 21.4 Å². The van der Waals surface area contributed by atoms with E-state index in [0.29, 0.717) is 11.5 Å². The van der Waals surface area contributed by atoms with Crippen molar-refractivity contribution in [1.82, 2.24) is 10.2 Å². The third-order valence-corrected chi connectivity index (χ3v) is 6.26. The Labute approximate surface area is 159 Å². The molecule has 0 saturated heterocycles. The smallest absolute Gasteiger partial charge is 0.269 e. The Morgan fingerprint density at radius 2 is 2.08 bits per heavy atom. The van der Waals surface area contributed by atoms with Gasteiger partial charge in [0.15, 0.2) is 5.17 Å². The molecule has 0 spiro atoms. The summed E-state index contributed by atoms with van der Waals surface area (Å²) in [6.45, 7) is 8.71. The SMILES string of the molecule is C[C@@H]1C[C@@H](N2CN=C(SCc3ccc([N+](=O)[O-])cc3)NC2)CC(C)(C)C1. The molecule has 1 fully saturated rings. The van der Waals surface area contributed by atoms with E-state index in [4.69, 9.17) is 4.99 Å². The number of nitrogens with one attached hydrogen (secondary N) is 1. The van der Waals surface area contributed by atoms with Gasteiger partial charge in [0.05, 0.1) is 18.3 Å². The van der Waals surface area contributed by atoms with Crippen LogP contribution in [-0.2, 0) is 5.75 Å². The lowest BCUT2D eigenvalue weighted by atomic mass is 9.70. The van der Waals surface area contributed by atoms with Gasteiger partial charge in [0.25, 0.3) is 5.69 Å². The lowest BCUT2D eigenvalue weighted by Crippen LogP contribution is -2.50. The van der Waals surface area contributed by atoms with Gasteiger partial charge >= 0.3 is 0 Å². The fraction of sp³-hybridized carbons (Fsp3) is 0.632. The van der Waals surface area contributed by atoms with Gasteiger partial charge in [-0.15, -0.1) is 0 Å². The highest BCUT2D eigenvalue weighted by Crippen LogP contribution is 2.40. The van der Waals surface area contributed by atoms with E-state index in [2.05, 4.69) is 31.0 Å². The summed E-state index contributed by atoms with van der Waals surface area (Å²) in [4.78, 5) is 17.5. The number of non-ortho nitro benzene ring substituents is 1. The van der Waals surface area contributed by atoms with Crippen LogP contribution < -0.4 is 5.32 Å². The molecule has 0 aromatic heterocycles. The zero-order chi connectivity index (χ0) is 18.7. The second-order valence-corrected chi connectivity index (χ2v) is 9.27. The maximum absolute atomic E-state index is 10.7. The molecule has 1 aliphatic carbocycles. The lowest BCUT2D eigenvalue weighted by Gasteiger charge is -2.44. The topological polar surface area (TPSA) is 70.8 Å². The van der Waals surface area contributed by atoms with Crippen LogP contribution in [-0.4, -0.2) is 34.4 Å². The molecular weight excluding hydrogens is 348 g/mol. The number of nitrogens with zero attached hydrogens (tertiary/aromatic N) is 3. The van der Waals surface area contributed by atoms with Gasteiger partial charge in [0, 0.05) is 23.9 Å². The molecule has 0 unspecified atom stereocenters. The summed E-state index contributed by atoms with van der Waals surface area (Å²) in [5, 5.41) is 15.1. The van der Waals surface area contributed by atoms with Gasteiger partial charge in [-0.25, -0.2) is 4.99 Å². The first kappa shape index (κ1) is 19.2. The number of aliphatic imine (C=N–C) groups is 1. The summed E-state index contributed by atoms with van der Waals surface area (Å²) in [7, 11) is 0. The molecule has 0 radical (unpaired) electrons. The number of rotatable bonds is 4. The average molecular weight is 377 g/mol. The van der Waals surface area contributed by atoms with Crippen LogP contribution in [0.25, 0.3) is 0 Å². The first-order valence-corrected chi connectivity index (χ1v) is 10.2. The molecule has 1 N–H and O–H groups in total. The Balaban J connectivity index is 1.51. The summed E-state index contributed by atoms with van der Waals surface area (Å²) in [6.07, 6.45) is 3.80. The van der Waals surface area contributed by atoms with Gasteiger partial charge in [-0.1, -0.05) is 44.7 Å². The molecule has 0 bridgehead atoms. The molecule has 0 amide bonds. The Morgan fingerprint density at radius 3 is 2.65 bits per heavy atom. The third kappa shape index (κ3) is 4.98. The highest BCUT2D eigenvalue weighted by Gasteiger charge is 2.35. The first-order valence-electron chi connectivity index (χ1n) is 9.21. The van der Waals surface area contributed by atoms with Crippen molar-refractivity contribution in [3.05, 3.63) is 39.9 Å². The van der Waals surface area contributed by atoms with Crippen molar-refractivity contribution >= 4 is 22.6 Å². The third-order valence-electron chi connectivity index (χ3n) is 5.23. The van der Waals surface area contributed by atoms with Crippen LogP contribution in [0.2, 0.25) is 0 Å². The van der Waals surface area contributed by atoms with Gasteiger partial charge in [-0.05, 0) is 36.2 Å². The molecule has 1 saturated carbocycles. The predicted molar refractivity (Wildman–Crippen MR) is 107 cm³/mol. The number of thioether (sulfide) groups is 1. The van der Waals surface area contributed by atoms with E-state index >= 15 is 0 Å². The summed E-state index contributed by atoms with van der Waals surface area (Å²) in [6, 6.07) is 7.34. The van der Waals surface area contributed by atoms with Crippen LogP contribution >= 0.6 is 11.8 Å². The van der Waals surface area contributed by atoms with Crippen LogP contribution in [0.15, 0.2) is 29.3 Å². The van der Waals surface area contributed by atoms with Crippen molar-refractivity contribution in [2.24, 2.45) is 16.3 Å². The van der Waals surface area contributed by atoms with Gasteiger partial charge in [-0.2, -0.15) is 0 Å². The highest BCUT2D eigenvalue weighted by molar-refractivity contribution is 8.13. The number of benzene rings is 1. The number of amidine groups is 1. The summed E-state index contributed by atoms with van der Waals surface area (Å²) in [5.41, 5.74) is 1.61. The highest BCUT2D eigenvalue weighted by atomic mass is 32.2. The monoisotopic (exact) mass is 376 g/mol. The molecule has 142 valence electrons. The van der Waals surface area contributed by atoms with Crippen molar-refractivity contribution in [2.45, 2.75) is 51.8 Å². The van der Waals surface area contributed by atoms with Crippen LogP contribution in [0.1, 0.15) is 45.6 Å². The summed E-state index contributed by atoms with van der Waals surface area (Å²) < 4.78 is 0. The average Bonchev–Trinajstić information content (AvgIpc) is 2.59. The minimum Gasteiger partial charge on any atom is -0.352 e. The second kappa shape index (κ2) is 7.96. The second-order valence-electron chi connectivity index (χ2n) is 8.31. The molecule has 26 heavy (non-hydrogen) atoms. The Hall–Kier alpha value is -1.60. The summed E-state index contributed by atoms with van der Waals surface area (Å²) in [5.74, 6) is 1.53. The maximum atomic E-state index is 10.7. The van der Waals surface area contributed by atoms with E-state index in [1.807, 2.05) is 12.1 Å². The fourth-order valence-electron chi connectivity index (χ4n) is 4.21. The molecule has 2 aliphatic rings. The van der Waals surface area contributed by atoms with Crippen LogP contribution in [0.3, 0.4) is 0 Å². The van der Waals surface area contributed by atoms with E-state index in [9.17, 15) is 10.1 Å². The van der Waals surface area contributed by atoms with E-state index in [1.54, 1.807) is 23.9 Å². The quantitative estimate of drug-likeness (QED) is 0.629. The van der Waals surface area contributed by atoms with E-state index in [0.717, 1.165) is 35.7 Å². The Bertz CT molecular complexity index is 675. The van der Waals surface area contributed by atoms with Gasteiger partial charge < -0.3 is 5.32 Å². The van der Waals surface area contributed by atoms with E-state index in [-0.39, 0.29) is 10.6 Å². The molecule has 1 aliphatic heterocycles. The van der Waals surface area contributed by atoms with Gasteiger partial charge in [0.1, 0.15) is 0 Å². The molecule has 1 aromatic carbocycles. The number of hydrogen-bond donors (Lipinski definition) is 1. The molecule has 6 nitrogen and oxygen atoms in total. The van der Waals surface area contributed by atoms with Crippen molar-refractivity contribution in [1.29, 1.82) is 0 Å². The molecule has 1 aromatic rings. The molecule has 7 heteroatoms. The zero-order valence-electron chi connectivity index (χ0n) is 15.8. The van der Waals surface area contributed by atoms with Crippen molar-refractivity contribution < 1.29 is 4.92 Å². The Morgan fingerprint density at radius 1 is 1.35 bits per heavy atom. The van der Waals surface area contributed by atoms with Crippen LogP contribution in [0.5, 0.6) is 0 Å². The minimum atomic E-state index is -0.369. The lowest BCUT2D eigenvalue weighted by molar-refractivity contribution is -0.384. The van der Waals surface area contributed by atoms with E-state index < -0.39 is 0 Å². The summed E-state index contributed by atoms with van der Waals surface area (Å²) >= 11 is 1.66. The maximum Gasteiger partial charge on any atom is 0.269 e. The minimum absolute atomic E-state index is 0.132. The normalized spacial score (nSPS) is 26.0. The molecule has 3 rings (SSSR count). The standard InChI is InChI=1S/C19H28N4O2S/c1-14-8-17(10-19(2,3)9-14)22-12-20-18(21-13-22)26-11-15-4-6-16(7-5-15)23(24)25/h4-7,14,17H,8-13H2,1-3H3,(H,20,21)/t14-,17-/m1/s1. The molecule has 1 heterocycles. The number of nitro groups is 1. The fourth-order valence-corrected chi connectivity index (χ4v) is 5.02. The predicted octanol–water partition coefficient (Wildman–Crippen LogP) is 4.22. The van der Waals surface area contributed by atoms with Crippen molar-refractivity contribution in [2.75, 3.05) is 13.3 Å². The van der Waals surface area contributed by atoms with Crippen LogP contribution in [0.4, 0.5) is 5.69 Å². The van der Waals surface area contributed by atoms with Gasteiger partial charge in [0.2, 0.25) is 0 Å². The zero-order valence-corrected chi connectivity index (χ0v) is 16.6. The number of hydrogen-bond acceptors (Lipinski definition) is 6. The van der Waals surface area contributed by atoms with E-state index in [1.165, 1.54) is 19.3 Å². The molecular formula is C19H28N4O2S. The van der Waals surface area contributed by atoms with Crippen molar-refractivity contribution in [3.63, 3.8) is 0 Å². The molecule has 2 atom stereocenters. The number of nitro benzene ring substituents is 1. The first-order chi connectivity index (χ1) is 12.3. The van der Waals surface area contributed by atoms with Crippen molar-refractivity contribution in [3.8, 4) is 0 Å². The Kier molecular flexibility index (Phi) is 5.87. The van der Waals surface area contributed by atoms with Gasteiger partial charge in [-0.3, -0.25) is 15.0 Å².